The van der Waals surface area contributed by atoms with E-state index in [0.29, 0.717) is 0 Å². The maximum Gasteiger partial charge on any atom is 0.357 e. The lowest BCUT2D eigenvalue weighted by molar-refractivity contribution is -0.434. The van der Waals surface area contributed by atoms with Crippen LogP contribution in [0.15, 0.2) is 0 Å². The molecule has 0 aromatic heterocycles. The number of aliphatic hydroxyl groups is 4. The minimum atomic E-state index is -2.70. The van der Waals surface area contributed by atoms with Crippen LogP contribution in [0.1, 0.15) is 6.92 Å². The number of carbonyl (C=O) groups excluding carboxylic acids is 1. The van der Waals surface area contributed by atoms with Crippen LogP contribution < -0.4 is 0 Å². The Labute approximate surface area is 97.3 Å². The van der Waals surface area contributed by atoms with Gasteiger partial charge in [-0.3, -0.25) is 4.79 Å². The topological polar surface area (TPSA) is 126 Å². The fourth-order valence-corrected chi connectivity index (χ4v) is 1.57. The van der Waals surface area contributed by atoms with Gasteiger partial charge in [-0.1, -0.05) is 0 Å². The van der Waals surface area contributed by atoms with E-state index in [9.17, 15) is 25.2 Å². The van der Waals surface area contributed by atoms with Gasteiger partial charge in [0.05, 0.1) is 6.61 Å². The average Bonchev–Trinajstić information content (AvgIpc) is 2.22. The van der Waals surface area contributed by atoms with Gasteiger partial charge in [0.15, 0.2) is 6.10 Å². The number of methoxy groups -OCH3 is 1. The minimum absolute atomic E-state index is 0.158. The average molecular weight is 252 g/mol. The van der Waals surface area contributed by atoms with E-state index in [0.717, 1.165) is 6.92 Å². The van der Waals surface area contributed by atoms with Gasteiger partial charge in [-0.25, -0.2) is 0 Å². The van der Waals surface area contributed by atoms with Gasteiger partial charge >= 0.3 is 11.9 Å². The van der Waals surface area contributed by atoms with Crippen molar-refractivity contribution in [2.24, 2.45) is 0 Å². The SMILES string of the molecule is COC[C@H]1O[C@](O)(OC(C)=O)[C@H](O)[C@@H](O)[C@@H]1O. The predicted octanol–water partition coefficient (Wildman–Crippen LogP) is -2.68. The Morgan fingerprint density at radius 3 is 2.41 bits per heavy atom. The summed E-state index contributed by atoms with van der Waals surface area (Å²) in [7, 11) is 1.32. The lowest BCUT2D eigenvalue weighted by Gasteiger charge is -2.43. The Balaban J connectivity index is 2.87. The minimum Gasteiger partial charge on any atom is -0.406 e. The molecule has 0 saturated carbocycles. The third kappa shape index (κ3) is 2.92. The molecule has 5 atom stereocenters. The molecule has 1 saturated heterocycles. The van der Waals surface area contributed by atoms with Crippen molar-refractivity contribution >= 4 is 5.97 Å². The molecule has 0 spiro atoms. The quantitative estimate of drug-likeness (QED) is 0.316. The van der Waals surface area contributed by atoms with Crippen LogP contribution in [0.4, 0.5) is 0 Å². The van der Waals surface area contributed by atoms with Crippen LogP contribution in [-0.2, 0) is 19.0 Å². The third-order valence-electron chi connectivity index (χ3n) is 2.37. The first-order valence-corrected chi connectivity index (χ1v) is 4.94. The molecule has 0 aromatic carbocycles. The fourth-order valence-electron chi connectivity index (χ4n) is 1.57. The van der Waals surface area contributed by atoms with E-state index in [-0.39, 0.29) is 6.61 Å². The molecule has 100 valence electrons. The first kappa shape index (κ1) is 14.3. The number of esters is 1. The van der Waals surface area contributed by atoms with Crippen molar-refractivity contribution in [3.63, 3.8) is 0 Å². The third-order valence-corrected chi connectivity index (χ3v) is 2.37. The normalized spacial score (nSPS) is 42.2. The van der Waals surface area contributed by atoms with Crippen LogP contribution in [0, 0.1) is 0 Å². The van der Waals surface area contributed by atoms with Crippen molar-refractivity contribution in [3.8, 4) is 0 Å². The lowest BCUT2D eigenvalue weighted by atomic mass is 9.98. The predicted molar refractivity (Wildman–Crippen MR) is 51.5 cm³/mol. The summed E-state index contributed by atoms with van der Waals surface area (Å²) >= 11 is 0. The maximum atomic E-state index is 10.8. The summed E-state index contributed by atoms with van der Waals surface area (Å²) in [4.78, 5) is 10.8. The molecule has 1 heterocycles. The van der Waals surface area contributed by atoms with E-state index in [1.807, 2.05) is 0 Å². The molecule has 8 nitrogen and oxygen atoms in total. The number of ether oxygens (including phenoxy) is 3. The summed E-state index contributed by atoms with van der Waals surface area (Å²) < 4.78 is 14.0. The highest BCUT2D eigenvalue weighted by Gasteiger charge is 2.55. The summed E-state index contributed by atoms with van der Waals surface area (Å²) in [5.41, 5.74) is 0. The Hall–Kier alpha value is -0.770. The smallest absolute Gasteiger partial charge is 0.357 e. The first-order valence-electron chi connectivity index (χ1n) is 4.94. The second-order valence-corrected chi connectivity index (χ2v) is 3.76. The van der Waals surface area contributed by atoms with Crippen molar-refractivity contribution in [1.29, 1.82) is 0 Å². The number of hydrogen-bond donors (Lipinski definition) is 4. The van der Waals surface area contributed by atoms with Crippen LogP contribution in [0.5, 0.6) is 0 Å². The Morgan fingerprint density at radius 1 is 1.35 bits per heavy atom. The fraction of sp³-hybridized carbons (Fsp3) is 0.889. The molecule has 0 unspecified atom stereocenters. The molecule has 0 bridgehead atoms. The number of carbonyl (C=O) groups is 1. The highest BCUT2D eigenvalue weighted by Crippen LogP contribution is 2.29. The van der Waals surface area contributed by atoms with Crippen molar-refractivity contribution in [2.45, 2.75) is 37.3 Å². The van der Waals surface area contributed by atoms with Crippen LogP contribution in [-0.4, -0.2) is 70.5 Å². The number of hydrogen-bond acceptors (Lipinski definition) is 8. The summed E-state index contributed by atoms with van der Waals surface area (Å²) in [6.45, 7) is 0.839. The molecule has 8 heteroatoms. The molecule has 1 aliphatic heterocycles. The molecule has 0 aliphatic carbocycles. The highest BCUT2D eigenvalue weighted by molar-refractivity contribution is 5.66. The Bertz CT molecular complexity index is 282. The molecule has 0 radical (unpaired) electrons. The van der Waals surface area contributed by atoms with Crippen molar-refractivity contribution in [3.05, 3.63) is 0 Å². The number of aliphatic hydroxyl groups excluding tert-OH is 3. The second kappa shape index (κ2) is 5.25. The lowest BCUT2D eigenvalue weighted by Crippen LogP contribution is -2.66. The van der Waals surface area contributed by atoms with Crippen LogP contribution in [0.25, 0.3) is 0 Å². The summed E-state index contributed by atoms with van der Waals surface area (Å²) in [6, 6.07) is 0. The van der Waals surface area contributed by atoms with Gasteiger partial charge in [-0.05, 0) is 0 Å². The Kier molecular flexibility index (Phi) is 4.42. The van der Waals surface area contributed by atoms with Crippen molar-refractivity contribution in [1.82, 2.24) is 0 Å². The zero-order valence-electron chi connectivity index (χ0n) is 9.44. The summed E-state index contributed by atoms with van der Waals surface area (Å²) in [6.07, 6.45) is -6.31. The van der Waals surface area contributed by atoms with Gasteiger partial charge < -0.3 is 34.6 Å². The Morgan fingerprint density at radius 2 is 1.94 bits per heavy atom. The molecular formula is C9H16O8. The van der Waals surface area contributed by atoms with Gasteiger partial charge in [0, 0.05) is 14.0 Å². The van der Waals surface area contributed by atoms with Crippen molar-refractivity contribution < 1.29 is 39.4 Å². The monoisotopic (exact) mass is 252 g/mol. The van der Waals surface area contributed by atoms with Gasteiger partial charge in [0.25, 0.3) is 0 Å². The van der Waals surface area contributed by atoms with Gasteiger partial charge in [-0.15, -0.1) is 0 Å². The summed E-state index contributed by atoms with van der Waals surface area (Å²) in [5, 5.41) is 38.3. The van der Waals surface area contributed by atoms with E-state index >= 15 is 0 Å². The van der Waals surface area contributed by atoms with E-state index in [1.54, 1.807) is 0 Å². The molecule has 0 amide bonds. The zero-order valence-corrected chi connectivity index (χ0v) is 9.44. The molecule has 0 aromatic rings. The van der Waals surface area contributed by atoms with E-state index in [1.165, 1.54) is 7.11 Å². The highest BCUT2D eigenvalue weighted by atomic mass is 16.8. The first-order chi connectivity index (χ1) is 7.81. The molecule has 1 fully saturated rings. The van der Waals surface area contributed by atoms with E-state index < -0.39 is 36.4 Å². The van der Waals surface area contributed by atoms with Gasteiger partial charge in [0.2, 0.25) is 0 Å². The van der Waals surface area contributed by atoms with Crippen LogP contribution in [0.3, 0.4) is 0 Å². The molecule has 1 aliphatic rings. The van der Waals surface area contributed by atoms with E-state index in [2.05, 4.69) is 4.74 Å². The zero-order chi connectivity index (χ0) is 13.2. The molecule has 4 N–H and O–H groups in total. The second-order valence-electron chi connectivity index (χ2n) is 3.76. The van der Waals surface area contributed by atoms with E-state index in [4.69, 9.17) is 9.47 Å². The molecule has 1 rings (SSSR count). The van der Waals surface area contributed by atoms with Gasteiger partial charge in [0.1, 0.15) is 18.3 Å². The summed E-state index contributed by atoms with van der Waals surface area (Å²) in [5.74, 6) is -3.61. The number of rotatable bonds is 3. The molecule has 17 heavy (non-hydrogen) atoms. The van der Waals surface area contributed by atoms with Crippen LogP contribution in [0.2, 0.25) is 0 Å². The van der Waals surface area contributed by atoms with Crippen molar-refractivity contribution in [2.75, 3.05) is 13.7 Å². The standard InChI is InChI=1S/C9H16O8/c1-4(10)16-9(14)8(13)7(12)6(11)5(17-9)3-15-2/h5-8,11-14H,3H2,1-2H3/t5-,6-,7+,8-,9-/m1/s1. The maximum absolute atomic E-state index is 10.8. The van der Waals surface area contributed by atoms with Crippen LogP contribution >= 0.6 is 0 Å². The molecular weight excluding hydrogens is 236 g/mol. The van der Waals surface area contributed by atoms with Gasteiger partial charge in [-0.2, -0.15) is 0 Å². The largest absolute Gasteiger partial charge is 0.406 e.